The van der Waals surface area contributed by atoms with Crippen LogP contribution < -0.4 is 10.7 Å². The second-order valence-corrected chi connectivity index (χ2v) is 10.7. The van der Waals surface area contributed by atoms with E-state index < -0.39 is 11.3 Å². The van der Waals surface area contributed by atoms with Gasteiger partial charge >= 0.3 is 0 Å². The number of nitrogens with one attached hydrogen (secondary N) is 1. The Balaban J connectivity index is 1.72. The molecular weight excluding hydrogens is 418 g/mol. The van der Waals surface area contributed by atoms with Crippen molar-refractivity contribution >= 4 is 11.8 Å². The minimum Gasteiger partial charge on any atom is -0.464 e. The zero-order valence-corrected chi connectivity index (χ0v) is 19.9. The highest BCUT2D eigenvalue weighted by molar-refractivity contribution is 5.99. The molecule has 2 atom stereocenters. The van der Waals surface area contributed by atoms with Gasteiger partial charge in [-0.15, -0.1) is 6.58 Å². The quantitative estimate of drug-likeness (QED) is 0.678. The highest BCUT2D eigenvalue weighted by Gasteiger charge is 2.51. The number of likely N-dealkylation sites (tertiary alicyclic amines) is 1. The van der Waals surface area contributed by atoms with E-state index in [0.29, 0.717) is 18.8 Å². The molecule has 2 amide bonds. The maximum atomic E-state index is 13.7. The lowest BCUT2D eigenvalue weighted by Gasteiger charge is -2.39. The fraction of sp³-hybridized carbons (Fsp3) is 0.500. The summed E-state index contributed by atoms with van der Waals surface area (Å²) in [4.78, 5) is 41.6. The fourth-order valence-electron chi connectivity index (χ4n) is 5.90. The summed E-state index contributed by atoms with van der Waals surface area (Å²) in [5.74, 6) is 0.631. The molecule has 4 rings (SSSR count). The van der Waals surface area contributed by atoms with E-state index in [1.165, 1.54) is 6.20 Å². The number of aryl methyl sites for hydroxylation is 1. The minimum atomic E-state index is -0.542. The van der Waals surface area contributed by atoms with Crippen molar-refractivity contribution in [3.8, 4) is 0 Å². The van der Waals surface area contributed by atoms with Crippen LogP contribution in [0.3, 0.4) is 0 Å². The number of amides is 2. The molecule has 1 N–H and O–H groups in total. The second-order valence-electron chi connectivity index (χ2n) is 10.7. The predicted octanol–water partition coefficient (Wildman–Crippen LogP) is 3.75. The van der Waals surface area contributed by atoms with Gasteiger partial charge in [0.15, 0.2) is 0 Å². The maximum Gasteiger partial charge on any atom is 0.259 e. The van der Waals surface area contributed by atoms with Gasteiger partial charge in [-0.3, -0.25) is 14.4 Å². The zero-order chi connectivity index (χ0) is 24.0. The van der Waals surface area contributed by atoms with Crippen molar-refractivity contribution in [3.05, 3.63) is 70.1 Å². The molecule has 2 aliphatic rings. The zero-order valence-electron chi connectivity index (χ0n) is 19.9. The number of furan rings is 1. The first-order chi connectivity index (χ1) is 15.5. The van der Waals surface area contributed by atoms with Crippen molar-refractivity contribution < 1.29 is 14.0 Å². The van der Waals surface area contributed by atoms with E-state index in [9.17, 15) is 14.4 Å². The first kappa shape index (κ1) is 23.1. The normalized spacial score (nSPS) is 23.4. The lowest BCUT2D eigenvalue weighted by atomic mass is 9.65. The molecule has 2 aromatic rings. The summed E-state index contributed by atoms with van der Waals surface area (Å²) in [6, 6.07) is 3.80. The Hall–Kier alpha value is -3.09. The average Bonchev–Trinajstić information content (AvgIpc) is 3.24. The van der Waals surface area contributed by atoms with Crippen LogP contribution in [-0.2, 0) is 6.54 Å². The molecule has 0 spiro atoms. The van der Waals surface area contributed by atoms with Crippen molar-refractivity contribution in [2.24, 2.45) is 10.8 Å². The highest BCUT2D eigenvalue weighted by atomic mass is 16.3. The van der Waals surface area contributed by atoms with Crippen molar-refractivity contribution in [2.75, 3.05) is 13.1 Å². The van der Waals surface area contributed by atoms with Crippen molar-refractivity contribution in [1.82, 2.24) is 14.8 Å². The molecule has 2 bridgehead atoms. The van der Waals surface area contributed by atoms with Crippen molar-refractivity contribution in [3.63, 3.8) is 0 Å². The summed E-state index contributed by atoms with van der Waals surface area (Å²) in [5.41, 5.74) is -0.375. The first-order valence-corrected chi connectivity index (χ1v) is 11.5. The van der Waals surface area contributed by atoms with E-state index in [4.69, 9.17) is 4.42 Å². The highest BCUT2D eigenvalue weighted by Crippen LogP contribution is 2.52. The average molecular weight is 452 g/mol. The van der Waals surface area contributed by atoms with Crippen LogP contribution in [0.15, 0.2) is 46.4 Å². The largest absolute Gasteiger partial charge is 0.464 e. The monoisotopic (exact) mass is 451 g/mol. The fourth-order valence-corrected chi connectivity index (χ4v) is 5.90. The van der Waals surface area contributed by atoms with Crippen LogP contribution in [0.5, 0.6) is 0 Å². The molecule has 7 nitrogen and oxygen atoms in total. The standard InChI is InChI=1S/C26H33N3O4/c1-6-9-27-23(31)20-13-28(12-19-8-7-17(2)33-19)14-21(22(20)30)24(32)29-16-26(5)11-18(29)10-25(3,4)15-26/h6-8,13-14,18H,1,9-12,15-16H2,2-5H3,(H,27,31). The van der Waals surface area contributed by atoms with Gasteiger partial charge in [-0.1, -0.05) is 26.8 Å². The molecule has 7 heteroatoms. The first-order valence-electron chi connectivity index (χ1n) is 11.5. The summed E-state index contributed by atoms with van der Waals surface area (Å²) in [6.07, 6.45) is 7.50. The Kier molecular flexibility index (Phi) is 5.85. The van der Waals surface area contributed by atoms with Crippen LogP contribution in [0.25, 0.3) is 0 Å². The second kappa shape index (κ2) is 8.36. The molecule has 2 aromatic heterocycles. The number of aromatic nitrogens is 1. The third kappa shape index (κ3) is 4.68. The van der Waals surface area contributed by atoms with E-state index in [-0.39, 0.29) is 40.5 Å². The van der Waals surface area contributed by atoms with Gasteiger partial charge in [0.05, 0.1) is 6.54 Å². The number of hydrogen-bond acceptors (Lipinski definition) is 4. The third-order valence-electron chi connectivity index (χ3n) is 6.77. The maximum absolute atomic E-state index is 13.7. The molecule has 1 saturated heterocycles. The lowest BCUT2D eigenvalue weighted by Crippen LogP contribution is -2.41. The Morgan fingerprint density at radius 2 is 1.94 bits per heavy atom. The van der Waals surface area contributed by atoms with Gasteiger partial charge in [-0.25, -0.2) is 0 Å². The van der Waals surface area contributed by atoms with E-state index in [2.05, 4.69) is 32.7 Å². The Bertz CT molecular complexity index is 1160. The summed E-state index contributed by atoms with van der Waals surface area (Å²) < 4.78 is 7.35. The topological polar surface area (TPSA) is 84.6 Å². The molecule has 2 fully saturated rings. The number of rotatable bonds is 6. The summed E-state index contributed by atoms with van der Waals surface area (Å²) in [5, 5.41) is 2.66. The summed E-state index contributed by atoms with van der Waals surface area (Å²) in [6.45, 7) is 13.3. The number of carbonyl (C=O) groups is 2. The molecule has 0 aromatic carbocycles. The van der Waals surface area contributed by atoms with Gasteiger partial charge in [0, 0.05) is 31.5 Å². The van der Waals surface area contributed by atoms with Crippen molar-refractivity contribution in [2.45, 2.75) is 59.5 Å². The van der Waals surface area contributed by atoms with Crippen molar-refractivity contribution in [1.29, 1.82) is 0 Å². The van der Waals surface area contributed by atoms with E-state index >= 15 is 0 Å². The van der Waals surface area contributed by atoms with E-state index in [0.717, 1.165) is 25.0 Å². The Morgan fingerprint density at radius 3 is 2.61 bits per heavy atom. The van der Waals surface area contributed by atoms with Gasteiger partial charge in [0.25, 0.3) is 11.8 Å². The summed E-state index contributed by atoms with van der Waals surface area (Å²) in [7, 11) is 0. The molecular formula is C26H33N3O4. The van der Waals surface area contributed by atoms with Crippen LogP contribution >= 0.6 is 0 Å². The molecule has 3 heterocycles. The molecule has 1 aliphatic carbocycles. The van der Waals surface area contributed by atoms with Gasteiger partial charge in [0.2, 0.25) is 5.43 Å². The number of hydrogen-bond donors (Lipinski definition) is 1. The van der Waals surface area contributed by atoms with E-state index in [1.807, 2.05) is 24.0 Å². The van der Waals surface area contributed by atoms with Gasteiger partial charge in [-0.05, 0) is 49.1 Å². The molecule has 176 valence electrons. The Labute approximate surface area is 194 Å². The van der Waals surface area contributed by atoms with E-state index in [1.54, 1.807) is 16.8 Å². The van der Waals surface area contributed by atoms with Crippen LogP contribution in [0.4, 0.5) is 0 Å². The number of pyridine rings is 1. The van der Waals surface area contributed by atoms with Gasteiger partial charge in [0.1, 0.15) is 22.6 Å². The summed E-state index contributed by atoms with van der Waals surface area (Å²) >= 11 is 0. The van der Waals surface area contributed by atoms with Crippen LogP contribution in [0.1, 0.15) is 72.3 Å². The third-order valence-corrected chi connectivity index (χ3v) is 6.77. The van der Waals surface area contributed by atoms with Crippen LogP contribution in [0, 0.1) is 17.8 Å². The number of fused-ring (bicyclic) bond motifs is 2. The molecule has 1 aliphatic heterocycles. The minimum absolute atomic E-state index is 0.0264. The predicted molar refractivity (Wildman–Crippen MR) is 126 cm³/mol. The van der Waals surface area contributed by atoms with Gasteiger partial charge in [-0.2, -0.15) is 0 Å². The lowest BCUT2D eigenvalue weighted by molar-refractivity contribution is 0.0706. The molecule has 33 heavy (non-hydrogen) atoms. The number of nitrogens with zero attached hydrogens (tertiary/aromatic N) is 2. The SMILES string of the molecule is C=CCNC(=O)c1cn(Cc2ccc(C)o2)cc(C(=O)N2CC3(C)CC2CC(C)(C)C3)c1=O. The molecule has 1 saturated carbocycles. The molecule has 0 radical (unpaired) electrons. The smallest absolute Gasteiger partial charge is 0.259 e. The molecule has 2 unspecified atom stereocenters. The van der Waals surface area contributed by atoms with Crippen LogP contribution in [-0.4, -0.2) is 40.4 Å². The Morgan fingerprint density at radius 1 is 1.21 bits per heavy atom. The number of carbonyl (C=O) groups excluding carboxylic acids is 2. The van der Waals surface area contributed by atoms with Gasteiger partial charge < -0.3 is 19.2 Å². The van der Waals surface area contributed by atoms with Crippen LogP contribution in [0.2, 0.25) is 0 Å².